The van der Waals surface area contributed by atoms with Gasteiger partial charge in [0.25, 0.3) is 5.56 Å². The molecule has 0 aliphatic heterocycles. The highest BCUT2D eigenvalue weighted by molar-refractivity contribution is 7.20. The summed E-state index contributed by atoms with van der Waals surface area (Å²) < 4.78 is 0.732. The molecule has 0 radical (unpaired) electrons. The fourth-order valence-corrected chi connectivity index (χ4v) is 4.05. The fraction of sp³-hybridized carbons (Fsp3) is 0.0476. The third-order valence-electron chi connectivity index (χ3n) is 4.41. The third-order valence-corrected chi connectivity index (χ3v) is 5.75. The summed E-state index contributed by atoms with van der Waals surface area (Å²) in [4.78, 5) is 30.4. The van der Waals surface area contributed by atoms with Crippen molar-refractivity contribution >= 4 is 27.9 Å². The van der Waals surface area contributed by atoms with Gasteiger partial charge in [-0.15, -0.1) is 0 Å². The molecule has 0 saturated carbocycles. The molecular formula is C21H12ClN3O3S. The molecular weight excluding hydrogens is 410 g/mol. The first-order chi connectivity index (χ1) is 13.9. The van der Waals surface area contributed by atoms with E-state index in [1.54, 1.807) is 36.4 Å². The molecule has 0 aliphatic carbocycles. The van der Waals surface area contributed by atoms with Gasteiger partial charge < -0.3 is 5.11 Å². The Morgan fingerprint density at radius 1 is 1.03 bits per heavy atom. The minimum absolute atomic E-state index is 0.0809. The van der Waals surface area contributed by atoms with Crippen LogP contribution in [0.25, 0.3) is 26.7 Å². The molecule has 4 aromatic rings. The van der Waals surface area contributed by atoms with Crippen molar-refractivity contribution in [1.29, 1.82) is 5.26 Å². The molecule has 29 heavy (non-hydrogen) atoms. The van der Waals surface area contributed by atoms with Crippen molar-refractivity contribution in [3.63, 3.8) is 0 Å². The smallest absolute Gasteiger partial charge is 0.303 e. The van der Waals surface area contributed by atoms with Gasteiger partial charge in [0.2, 0.25) is 10.7 Å². The normalized spacial score (nSPS) is 10.8. The Morgan fingerprint density at radius 3 is 2.28 bits per heavy atom. The molecule has 2 aromatic carbocycles. The lowest BCUT2D eigenvalue weighted by atomic mass is 10.1. The maximum atomic E-state index is 12.9. The van der Waals surface area contributed by atoms with Gasteiger partial charge in [-0.05, 0) is 24.6 Å². The zero-order valence-electron chi connectivity index (χ0n) is 15.0. The Labute approximate surface area is 173 Å². The van der Waals surface area contributed by atoms with E-state index in [9.17, 15) is 20.0 Å². The molecule has 0 aliphatic rings. The molecule has 1 N–H and O–H groups in total. The molecule has 0 atom stereocenters. The van der Waals surface area contributed by atoms with E-state index in [-0.39, 0.29) is 16.2 Å². The van der Waals surface area contributed by atoms with Crippen LogP contribution >= 0.6 is 22.9 Å². The van der Waals surface area contributed by atoms with Crippen LogP contribution in [0, 0.1) is 18.3 Å². The SMILES string of the molecule is Cc1ccc(-c2sc3nc(-c4ccc(Cl)cc4)c(C#N)c(=O)n3c(=O)c2O)cc1. The topological polar surface area (TPSA) is 95.5 Å². The Hall–Kier alpha value is -3.47. The van der Waals surface area contributed by atoms with Crippen LogP contribution in [0.1, 0.15) is 11.1 Å². The van der Waals surface area contributed by atoms with Crippen LogP contribution in [0.5, 0.6) is 5.75 Å². The minimum Gasteiger partial charge on any atom is -0.502 e. The lowest BCUT2D eigenvalue weighted by Gasteiger charge is -2.09. The first-order valence-electron chi connectivity index (χ1n) is 8.46. The summed E-state index contributed by atoms with van der Waals surface area (Å²) in [6, 6.07) is 15.6. The van der Waals surface area contributed by atoms with E-state index in [1.165, 1.54) is 0 Å². The van der Waals surface area contributed by atoms with E-state index in [0.29, 0.717) is 21.0 Å². The van der Waals surface area contributed by atoms with Crippen molar-refractivity contribution in [2.75, 3.05) is 0 Å². The summed E-state index contributed by atoms with van der Waals surface area (Å²) in [5.74, 6) is -0.557. The standard InChI is InChI=1S/C21H12ClN3O3S/c1-11-2-4-13(5-3-11)18-17(26)20(28)25-19(27)15(10-23)16(24-21(25)29-18)12-6-8-14(22)9-7-12/h2-9,26H,1H3. The first kappa shape index (κ1) is 18.9. The van der Waals surface area contributed by atoms with Gasteiger partial charge in [-0.2, -0.15) is 5.26 Å². The largest absolute Gasteiger partial charge is 0.502 e. The average molecular weight is 422 g/mol. The van der Waals surface area contributed by atoms with Crippen molar-refractivity contribution in [3.05, 3.63) is 85.4 Å². The summed E-state index contributed by atoms with van der Waals surface area (Å²) in [7, 11) is 0. The van der Waals surface area contributed by atoms with E-state index in [1.807, 2.05) is 25.1 Å². The molecule has 4 rings (SSSR count). The minimum atomic E-state index is -0.911. The van der Waals surface area contributed by atoms with Gasteiger partial charge in [0.15, 0.2) is 0 Å². The van der Waals surface area contributed by atoms with Crippen LogP contribution in [-0.2, 0) is 0 Å². The lowest BCUT2D eigenvalue weighted by Crippen LogP contribution is -2.29. The van der Waals surface area contributed by atoms with Crippen LogP contribution in [0.2, 0.25) is 5.02 Å². The molecule has 0 unspecified atom stereocenters. The number of aromatic hydroxyl groups is 1. The number of halogens is 1. The van der Waals surface area contributed by atoms with Gasteiger partial charge in [-0.1, -0.05) is 64.9 Å². The molecule has 0 saturated heterocycles. The van der Waals surface area contributed by atoms with E-state index >= 15 is 0 Å². The molecule has 0 spiro atoms. The molecule has 142 valence electrons. The van der Waals surface area contributed by atoms with Crippen molar-refractivity contribution in [3.8, 4) is 33.5 Å². The third kappa shape index (κ3) is 3.18. The van der Waals surface area contributed by atoms with Crippen LogP contribution in [0.15, 0.2) is 58.1 Å². The van der Waals surface area contributed by atoms with E-state index in [2.05, 4.69) is 4.98 Å². The highest BCUT2D eigenvalue weighted by Crippen LogP contribution is 2.33. The summed E-state index contributed by atoms with van der Waals surface area (Å²) in [6.07, 6.45) is 0. The van der Waals surface area contributed by atoms with Gasteiger partial charge in [-0.25, -0.2) is 9.38 Å². The van der Waals surface area contributed by atoms with Crippen molar-refractivity contribution < 1.29 is 5.11 Å². The second kappa shape index (κ2) is 7.17. The molecule has 2 heterocycles. The predicted molar refractivity (Wildman–Crippen MR) is 113 cm³/mol. The van der Waals surface area contributed by atoms with Crippen molar-refractivity contribution in [2.45, 2.75) is 6.92 Å². The number of nitrogens with zero attached hydrogens (tertiary/aromatic N) is 3. The first-order valence-corrected chi connectivity index (χ1v) is 9.66. The molecule has 2 aromatic heterocycles. The zero-order chi connectivity index (χ0) is 20.7. The quantitative estimate of drug-likeness (QED) is 0.528. The number of fused-ring (bicyclic) bond motifs is 1. The van der Waals surface area contributed by atoms with Gasteiger partial charge >= 0.3 is 5.56 Å². The van der Waals surface area contributed by atoms with Crippen LogP contribution < -0.4 is 11.1 Å². The van der Waals surface area contributed by atoms with E-state index < -0.39 is 16.9 Å². The number of nitriles is 1. The zero-order valence-corrected chi connectivity index (χ0v) is 16.6. The van der Waals surface area contributed by atoms with Crippen LogP contribution in [0.4, 0.5) is 0 Å². The average Bonchev–Trinajstić information content (AvgIpc) is 2.71. The summed E-state index contributed by atoms with van der Waals surface area (Å²) in [6.45, 7) is 1.93. The lowest BCUT2D eigenvalue weighted by molar-refractivity contribution is 0.469. The Morgan fingerprint density at radius 2 is 1.66 bits per heavy atom. The summed E-state index contributed by atoms with van der Waals surface area (Å²) in [5.41, 5.74) is 0.321. The maximum Gasteiger partial charge on any atom is 0.303 e. The highest BCUT2D eigenvalue weighted by atomic mass is 35.5. The van der Waals surface area contributed by atoms with E-state index in [4.69, 9.17) is 11.6 Å². The van der Waals surface area contributed by atoms with Gasteiger partial charge in [-0.3, -0.25) is 9.59 Å². The summed E-state index contributed by atoms with van der Waals surface area (Å²) in [5, 5.41) is 20.4. The molecule has 6 nitrogen and oxygen atoms in total. The Balaban J connectivity index is 2.08. The predicted octanol–water partition coefficient (Wildman–Crippen LogP) is 3.99. The van der Waals surface area contributed by atoms with Crippen LogP contribution in [-0.4, -0.2) is 14.5 Å². The van der Waals surface area contributed by atoms with Gasteiger partial charge in [0.05, 0.1) is 10.6 Å². The second-order valence-corrected chi connectivity index (χ2v) is 7.74. The highest BCUT2D eigenvalue weighted by Gasteiger charge is 2.20. The van der Waals surface area contributed by atoms with Crippen molar-refractivity contribution in [1.82, 2.24) is 9.38 Å². The Kier molecular flexibility index (Phi) is 4.66. The number of aryl methyl sites for hydroxylation is 1. The van der Waals surface area contributed by atoms with E-state index in [0.717, 1.165) is 21.3 Å². The number of rotatable bonds is 2. The second-order valence-electron chi connectivity index (χ2n) is 6.33. The molecule has 0 bridgehead atoms. The number of hydrogen-bond donors (Lipinski definition) is 1. The monoisotopic (exact) mass is 421 g/mol. The molecule has 0 amide bonds. The maximum absolute atomic E-state index is 12.9. The Bertz CT molecular complexity index is 1420. The fourth-order valence-electron chi connectivity index (χ4n) is 2.91. The number of benzene rings is 2. The summed E-state index contributed by atoms with van der Waals surface area (Å²) >= 11 is 6.92. The molecule has 8 heteroatoms. The van der Waals surface area contributed by atoms with Gasteiger partial charge in [0.1, 0.15) is 11.6 Å². The van der Waals surface area contributed by atoms with Crippen molar-refractivity contribution in [2.24, 2.45) is 0 Å². The number of hydrogen-bond acceptors (Lipinski definition) is 6. The van der Waals surface area contributed by atoms with Gasteiger partial charge in [0, 0.05) is 10.6 Å². The molecule has 0 fully saturated rings. The number of aromatic nitrogens is 2. The van der Waals surface area contributed by atoms with Crippen LogP contribution in [0.3, 0.4) is 0 Å².